The maximum atomic E-state index is 12.9. The average molecular weight is 469 g/mol. The molecule has 2 aromatic heterocycles. The van der Waals surface area contributed by atoms with Gasteiger partial charge in [-0.15, -0.1) is 11.3 Å². The summed E-state index contributed by atoms with van der Waals surface area (Å²) in [5.41, 5.74) is 0.0675. The van der Waals surface area contributed by atoms with Crippen molar-refractivity contribution in [2.75, 3.05) is 18.4 Å². The maximum absolute atomic E-state index is 12.9. The lowest BCUT2D eigenvalue weighted by atomic mass is 10.1. The third-order valence-electron chi connectivity index (χ3n) is 4.94. The standard InChI is InChI=1S/C21H23F3N4OS2/c1-4-28(5-2)13(3)9-18-25-20(31-27-18)26-19(29)15-11-17(30-12-15)14-7-6-8-16(10-14)21(22,23)24/h6-8,10-13H,4-5,9H2,1-3H3,(H,25,26,27,29). The zero-order valence-electron chi connectivity index (χ0n) is 17.4. The predicted molar refractivity (Wildman–Crippen MR) is 119 cm³/mol. The van der Waals surface area contributed by atoms with Crippen LogP contribution in [0.15, 0.2) is 35.7 Å². The lowest BCUT2D eigenvalue weighted by Gasteiger charge is -2.25. The second-order valence-electron chi connectivity index (χ2n) is 7.02. The van der Waals surface area contributed by atoms with Crippen LogP contribution >= 0.6 is 22.9 Å². The molecule has 0 spiro atoms. The molecule has 5 nitrogen and oxygen atoms in total. The number of benzene rings is 1. The van der Waals surface area contributed by atoms with Gasteiger partial charge < -0.3 is 4.90 Å². The number of likely N-dealkylation sites (N-methyl/N-ethyl adjacent to an activating group) is 1. The highest BCUT2D eigenvalue weighted by Crippen LogP contribution is 2.34. The molecule has 3 rings (SSSR count). The molecule has 0 bridgehead atoms. The molecule has 0 saturated heterocycles. The molecular formula is C21H23F3N4OS2. The number of hydrogen-bond donors (Lipinski definition) is 1. The van der Waals surface area contributed by atoms with E-state index in [2.05, 4.69) is 40.3 Å². The summed E-state index contributed by atoms with van der Waals surface area (Å²) in [6, 6.07) is 6.94. The molecule has 10 heteroatoms. The number of carbonyl (C=O) groups is 1. The summed E-state index contributed by atoms with van der Waals surface area (Å²) in [6.45, 7) is 8.21. The van der Waals surface area contributed by atoms with E-state index in [0.29, 0.717) is 39.4 Å². The molecule has 2 heterocycles. The minimum absolute atomic E-state index is 0.292. The van der Waals surface area contributed by atoms with Crippen molar-refractivity contribution >= 4 is 33.9 Å². The zero-order chi connectivity index (χ0) is 22.6. The SMILES string of the molecule is CCN(CC)C(C)Cc1nsc(NC(=O)c2csc(-c3cccc(C(F)(F)F)c3)c2)n1. The summed E-state index contributed by atoms with van der Waals surface area (Å²) in [5, 5.41) is 4.75. The largest absolute Gasteiger partial charge is 0.416 e. The van der Waals surface area contributed by atoms with E-state index in [1.807, 2.05) is 0 Å². The molecule has 1 amide bonds. The highest BCUT2D eigenvalue weighted by Gasteiger charge is 2.30. The van der Waals surface area contributed by atoms with Crippen molar-refractivity contribution in [3.63, 3.8) is 0 Å². The molecule has 31 heavy (non-hydrogen) atoms. The van der Waals surface area contributed by atoms with Gasteiger partial charge >= 0.3 is 6.18 Å². The van der Waals surface area contributed by atoms with E-state index in [-0.39, 0.29) is 5.91 Å². The molecule has 0 saturated carbocycles. The number of aromatic nitrogens is 2. The molecule has 1 unspecified atom stereocenters. The fraction of sp³-hybridized carbons (Fsp3) is 0.381. The zero-order valence-corrected chi connectivity index (χ0v) is 19.0. The number of halogens is 3. The molecule has 0 radical (unpaired) electrons. The van der Waals surface area contributed by atoms with Crippen molar-refractivity contribution in [1.82, 2.24) is 14.3 Å². The first-order chi connectivity index (χ1) is 14.7. The van der Waals surface area contributed by atoms with Crippen LogP contribution < -0.4 is 5.32 Å². The fourth-order valence-electron chi connectivity index (χ4n) is 3.25. The van der Waals surface area contributed by atoms with Crippen LogP contribution in [-0.2, 0) is 12.6 Å². The summed E-state index contributed by atoms with van der Waals surface area (Å²) >= 11 is 2.33. The number of nitrogens with zero attached hydrogens (tertiary/aromatic N) is 3. The molecule has 0 aliphatic carbocycles. The van der Waals surface area contributed by atoms with E-state index in [0.717, 1.165) is 36.8 Å². The Morgan fingerprint density at radius 3 is 2.65 bits per heavy atom. The van der Waals surface area contributed by atoms with E-state index < -0.39 is 11.7 Å². The third-order valence-corrected chi connectivity index (χ3v) is 6.59. The maximum Gasteiger partial charge on any atom is 0.416 e. The summed E-state index contributed by atoms with van der Waals surface area (Å²) in [6.07, 6.45) is -3.72. The van der Waals surface area contributed by atoms with Crippen molar-refractivity contribution in [2.24, 2.45) is 0 Å². The second-order valence-corrected chi connectivity index (χ2v) is 8.69. The van der Waals surface area contributed by atoms with Gasteiger partial charge in [-0.1, -0.05) is 26.0 Å². The quantitative estimate of drug-likeness (QED) is 0.453. The number of carbonyl (C=O) groups excluding carboxylic acids is 1. The summed E-state index contributed by atoms with van der Waals surface area (Å²) in [5.74, 6) is 0.309. The van der Waals surface area contributed by atoms with E-state index in [1.165, 1.54) is 17.4 Å². The van der Waals surface area contributed by atoms with Crippen LogP contribution in [0.5, 0.6) is 0 Å². The van der Waals surface area contributed by atoms with Gasteiger partial charge in [0.05, 0.1) is 11.1 Å². The van der Waals surface area contributed by atoms with E-state index in [1.54, 1.807) is 17.5 Å². The minimum atomic E-state index is -4.41. The number of thiophene rings is 1. The summed E-state index contributed by atoms with van der Waals surface area (Å²) in [7, 11) is 0. The van der Waals surface area contributed by atoms with Crippen molar-refractivity contribution < 1.29 is 18.0 Å². The number of nitrogens with one attached hydrogen (secondary N) is 1. The number of rotatable bonds is 8. The lowest BCUT2D eigenvalue weighted by Crippen LogP contribution is -2.34. The monoisotopic (exact) mass is 468 g/mol. The molecule has 1 atom stereocenters. The fourth-order valence-corrected chi connectivity index (χ4v) is 4.73. The number of anilines is 1. The van der Waals surface area contributed by atoms with Crippen molar-refractivity contribution in [3.8, 4) is 10.4 Å². The molecule has 1 aromatic carbocycles. The van der Waals surface area contributed by atoms with E-state index >= 15 is 0 Å². The topological polar surface area (TPSA) is 58.1 Å². The molecular weight excluding hydrogens is 445 g/mol. The van der Waals surface area contributed by atoms with Gasteiger partial charge in [0.2, 0.25) is 5.13 Å². The first-order valence-electron chi connectivity index (χ1n) is 9.85. The first kappa shape index (κ1) is 23.4. The highest BCUT2D eigenvalue weighted by molar-refractivity contribution is 7.14. The lowest BCUT2D eigenvalue weighted by molar-refractivity contribution is -0.137. The summed E-state index contributed by atoms with van der Waals surface area (Å²) < 4.78 is 43.2. The Labute approximate surface area is 187 Å². The molecule has 0 aliphatic rings. The van der Waals surface area contributed by atoms with Crippen LogP contribution in [0.2, 0.25) is 0 Å². The number of amides is 1. The average Bonchev–Trinajstić information content (AvgIpc) is 3.38. The second kappa shape index (κ2) is 9.88. The van der Waals surface area contributed by atoms with Gasteiger partial charge in [-0.05, 0) is 43.8 Å². The molecule has 0 fully saturated rings. The number of hydrogen-bond acceptors (Lipinski definition) is 6. The van der Waals surface area contributed by atoms with Gasteiger partial charge in [-0.2, -0.15) is 17.5 Å². The molecule has 1 N–H and O–H groups in total. The predicted octanol–water partition coefficient (Wildman–Crippen LogP) is 5.81. The first-order valence-corrected chi connectivity index (χ1v) is 11.5. The Morgan fingerprint density at radius 2 is 1.97 bits per heavy atom. The third kappa shape index (κ3) is 5.90. The van der Waals surface area contributed by atoms with Gasteiger partial charge in [0.25, 0.3) is 5.91 Å². The van der Waals surface area contributed by atoms with Gasteiger partial charge in [0, 0.05) is 34.3 Å². The van der Waals surface area contributed by atoms with Gasteiger partial charge in [0.1, 0.15) is 5.82 Å². The Kier molecular flexibility index (Phi) is 7.45. The molecule has 0 aliphatic heterocycles. The van der Waals surface area contributed by atoms with E-state index in [9.17, 15) is 18.0 Å². The normalized spacial score (nSPS) is 12.9. The Morgan fingerprint density at radius 1 is 1.23 bits per heavy atom. The van der Waals surface area contributed by atoms with Crippen LogP contribution in [0.4, 0.5) is 18.3 Å². The van der Waals surface area contributed by atoms with Gasteiger partial charge in [-0.25, -0.2) is 4.98 Å². The Balaban J connectivity index is 1.67. The van der Waals surface area contributed by atoms with Crippen LogP contribution in [0, 0.1) is 0 Å². The van der Waals surface area contributed by atoms with E-state index in [4.69, 9.17) is 0 Å². The van der Waals surface area contributed by atoms with Crippen LogP contribution in [0.1, 0.15) is 42.5 Å². The summed E-state index contributed by atoms with van der Waals surface area (Å²) in [4.78, 5) is 19.9. The van der Waals surface area contributed by atoms with Crippen molar-refractivity contribution in [2.45, 2.75) is 39.4 Å². The van der Waals surface area contributed by atoms with Crippen LogP contribution in [-0.4, -0.2) is 39.3 Å². The Bertz CT molecular complexity index is 1030. The van der Waals surface area contributed by atoms with Gasteiger partial charge in [0.15, 0.2) is 0 Å². The molecule has 3 aromatic rings. The van der Waals surface area contributed by atoms with Crippen LogP contribution in [0.3, 0.4) is 0 Å². The number of alkyl halides is 3. The van der Waals surface area contributed by atoms with Crippen LogP contribution in [0.25, 0.3) is 10.4 Å². The smallest absolute Gasteiger partial charge is 0.301 e. The van der Waals surface area contributed by atoms with Crippen molar-refractivity contribution in [1.29, 1.82) is 0 Å². The Hall–Kier alpha value is -2.30. The molecule has 166 valence electrons. The van der Waals surface area contributed by atoms with Crippen molar-refractivity contribution in [3.05, 3.63) is 52.7 Å². The minimum Gasteiger partial charge on any atom is -0.301 e. The highest BCUT2D eigenvalue weighted by atomic mass is 32.1. The van der Waals surface area contributed by atoms with Gasteiger partial charge in [-0.3, -0.25) is 10.1 Å².